The average molecular weight is 347 g/mol. The number of carbonyl (C=O) groups excluding carboxylic acids is 1. The van der Waals surface area contributed by atoms with Crippen molar-refractivity contribution in [2.75, 3.05) is 19.9 Å². The Morgan fingerprint density at radius 1 is 1.29 bits per heavy atom. The van der Waals surface area contributed by atoms with Gasteiger partial charge in [-0.3, -0.25) is 9.69 Å². The minimum atomic E-state index is -0.145. The SMILES string of the molecule is CCN(CC)Cc1csc(CNC(=O)c2ccc3c(c2)OCO3)n1. The summed E-state index contributed by atoms with van der Waals surface area (Å²) in [4.78, 5) is 19.2. The van der Waals surface area contributed by atoms with Crippen LogP contribution in [0, 0.1) is 0 Å². The molecule has 1 aliphatic rings. The summed E-state index contributed by atoms with van der Waals surface area (Å²) in [5.74, 6) is 1.14. The van der Waals surface area contributed by atoms with Gasteiger partial charge in [-0.25, -0.2) is 4.98 Å². The molecule has 0 aliphatic carbocycles. The van der Waals surface area contributed by atoms with Crippen LogP contribution in [0.1, 0.15) is 34.9 Å². The number of aromatic nitrogens is 1. The van der Waals surface area contributed by atoms with Crippen LogP contribution in [0.25, 0.3) is 0 Å². The molecule has 0 saturated heterocycles. The lowest BCUT2D eigenvalue weighted by molar-refractivity contribution is 0.0950. The minimum Gasteiger partial charge on any atom is -0.454 e. The lowest BCUT2D eigenvalue weighted by atomic mass is 10.2. The topological polar surface area (TPSA) is 63.7 Å². The number of carbonyl (C=O) groups is 1. The summed E-state index contributed by atoms with van der Waals surface area (Å²) in [7, 11) is 0. The molecule has 0 spiro atoms. The largest absolute Gasteiger partial charge is 0.454 e. The number of amides is 1. The predicted octanol–water partition coefficient (Wildman–Crippen LogP) is 2.64. The first-order chi connectivity index (χ1) is 11.7. The van der Waals surface area contributed by atoms with Gasteiger partial charge in [-0.05, 0) is 31.3 Å². The molecule has 0 radical (unpaired) electrons. The van der Waals surface area contributed by atoms with Gasteiger partial charge >= 0.3 is 0 Å². The van der Waals surface area contributed by atoms with E-state index in [9.17, 15) is 4.79 Å². The predicted molar refractivity (Wildman–Crippen MR) is 92.5 cm³/mol. The van der Waals surface area contributed by atoms with Crippen LogP contribution < -0.4 is 14.8 Å². The van der Waals surface area contributed by atoms with Gasteiger partial charge in [0.1, 0.15) is 5.01 Å². The Bertz CT molecular complexity index is 713. The number of hydrogen-bond donors (Lipinski definition) is 1. The maximum Gasteiger partial charge on any atom is 0.251 e. The fraction of sp³-hybridized carbons (Fsp3) is 0.412. The molecule has 0 bridgehead atoms. The van der Waals surface area contributed by atoms with Crippen LogP contribution in [-0.2, 0) is 13.1 Å². The Balaban J connectivity index is 1.56. The fourth-order valence-corrected chi connectivity index (χ4v) is 3.20. The first kappa shape index (κ1) is 16.7. The molecule has 24 heavy (non-hydrogen) atoms. The third-order valence-electron chi connectivity index (χ3n) is 3.91. The molecule has 1 amide bonds. The van der Waals surface area contributed by atoms with Crippen LogP contribution >= 0.6 is 11.3 Å². The third-order valence-corrected chi connectivity index (χ3v) is 4.81. The van der Waals surface area contributed by atoms with E-state index < -0.39 is 0 Å². The smallest absolute Gasteiger partial charge is 0.251 e. The molecule has 6 nitrogen and oxygen atoms in total. The number of nitrogens with zero attached hydrogens (tertiary/aromatic N) is 2. The maximum atomic E-state index is 12.3. The second-order valence-electron chi connectivity index (χ2n) is 5.44. The molecule has 1 aliphatic heterocycles. The van der Waals surface area contributed by atoms with Crippen molar-refractivity contribution in [2.24, 2.45) is 0 Å². The number of fused-ring (bicyclic) bond motifs is 1. The Morgan fingerprint density at radius 3 is 2.88 bits per heavy atom. The van der Waals surface area contributed by atoms with Crippen molar-refractivity contribution in [3.05, 3.63) is 39.8 Å². The number of ether oxygens (including phenoxy) is 2. The number of thiazole rings is 1. The zero-order chi connectivity index (χ0) is 16.9. The van der Waals surface area contributed by atoms with Crippen molar-refractivity contribution in [2.45, 2.75) is 26.9 Å². The maximum absolute atomic E-state index is 12.3. The summed E-state index contributed by atoms with van der Waals surface area (Å²) >= 11 is 1.57. The Hall–Kier alpha value is -2.12. The molecule has 0 saturated carbocycles. The Morgan fingerprint density at radius 2 is 2.08 bits per heavy atom. The summed E-state index contributed by atoms with van der Waals surface area (Å²) in [6.07, 6.45) is 0. The van der Waals surface area contributed by atoms with E-state index in [4.69, 9.17) is 9.47 Å². The molecule has 0 unspecified atom stereocenters. The van der Waals surface area contributed by atoms with E-state index >= 15 is 0 Å². The second-order valence-corrected chi connectivity index (χ2v) is 6.39. The van der Waals surface area contributed by atoms with Crippen LogP contribution in [0.4, 0.5) is 0 Å². The first-order valence-electron chi connectivity index (χ1n) is 8.03. The molecular formula is C17H21N3O3S. The Kier molecular flexibility index (Phi) is 5.32. The van der Waals surface area contributed by atoms with Crippen molar-refractivity contribution in [1.82, 2.24) is 15.2 Å². The monoisotopic (exact) mass is 347 g/mol. The standard InChI is InChI=1S/C17H21N3O3S/c1-3-20(4-2)9-13-10-24-16(19-13)8-18-17(21)12-5-6-14-15(7-12)23-11-22-14/h5-7,10H,3-4,8-9,11H2,1-2H3,(H,18,21). The van der Waals surface area contributed by atoms with Gasteiger partial charge in [0, 0.05) is 17.5 Å². The highest BCUT2D eigenvalue weighted by Crippen LogP contribution is 2.32. The molecule has 2 aromatic rings. The Labute approximate surface area is 145 Å². The molecule has 0 atom stereocenters. The summed E-state index contributed by atoms with van der Waals surface area (Å²) < 4.78 is 10.5. The summed E-state index contributed by atoms with van der Waals surface area (Å²) in [5, 5.41) is 5.86. The van der Waals surface area contributed by atoms with Crippen molar-refractivity contribution in [1.29, 1.82) is 0 Å². The summed E-state index contributed by atoms with van der Waals surface area (Å²) in [6, 6.07) is 5.19. The van der Waals surface area contributed by atoms with Crippen LogP contribution in [0.15, 0.2) is 23.6 Å². The third kappa shape index (κ3) is 3.85. The van der Waals surface area contributed by atoms with Crippen LogP contribution in [0.5, 0.6) is 11.5 Å². The van der Waals surface area contributed by atoms with E-state index in [2.05, 4.69) is 34.4 Å². The van der Waals surface area contributed by atoms with Gasteiger partial charge in [0.2, 0.25) is 6.79 Å². The van der Waals surface area contributed by atoms with Gasteiger partial charge in [0.25, 0.3) is 5.91 Å². The molecular weight excluding hydrogens is 326 g/mol. The van der Waals surface area contributed by atoms with E-state index in [1.165, 1.54) is 0 Å². The van der Waals surface area contributed by atoms with E-state index in [-0.39, 0.29) is 12.7 Å². The molecule has 1 N–H and O–H groups in total. The zero-order valence-electron chi connectivity index (χ0n) is 13.9. The van der Waals surface area contributed by atoms with Gasteiger partial charge in [0.05, 0.1) is 12.2 Å². The van der Waals surface area contributed by atoms with Gasteiger partial charge < -0.3 is 14.8 Å². The van der Waals surface area contributed by atoms with Gasteiger partial charge in [-0.2, -0.15) is 0 Å². The molecule has 0 fully saturated rings. The van der Waals surface area contributed by atoms with E-state index in [1.54, 1.807) is 29.5 Å². The van der Waals surface area contributed by atoms with E-state index in [0.29, 0.717) is 23.6 Å². The molecule has 3 rings (SSSR count). The lowest BCUT2D eigenvalue weighted by Gasteiger charge is -2.15. The molecule has 128 valence electrons. The van der Waals surface area contributed by atoms with E-state index in [1.807, 2.05) is 0 Å². The molecule has 7 heteroatoms. The summed E-state index contributed by atoms with van der Waals surface area (Å²) in [5.41, 5.74) is 1.61. The van der Waals surface area contributed by atoms with Gasteiger partial charge in [-0.1, -0.05) is 13.8 Å². The zero-order valence-corrected chi connectivity index (χ0v) is 14.7. The van der Waals surface area contributed by atoms with Gasteiger partial charge in [0.15, 0.2) is 11.5 Å². The molecule has 2 heterocycles. The number of rotatable bonds is 7. The average Bonchev–Trinajstić information content (AvgIpc) is 3.25. The quantitative estimate of drug-likeness (QED) is 0.834. The fourth-order valence-electron chi connectivity index (χ4n) is 2.47. The number of benzene rings is 1. The van der Waals surface area contributed by atoms with Crippen molar-refractivity contribution >= 4 is 17.2 Å². The highest BCUT2D eigenvalue weighted by atomic mass is 32.1. The first-order valence-corrected chi connectivity index (χ1v) is 8.91. The lowest BCUT2D eigenvalue weighted by Crippen LogP contribution is -2.23. The minimum absolute atomic E-state index is 0.145. The molecule has 1 aromatic carbocycles. The number of nitrogens with one attached hydrogen (secondary N) is 1. The van der Waals surface area contributed by atoms with E-state index in [0.717, 1.165) is 30.3 Å². The van der Waals surface area contributed by atoms with Crippen LogP contribution in [0.3, 0.4) is 0 Å². The molecule has 1 aromatic heterocycles. The van der Waals surface area contributed by atoms with Gasteiger partial charge in [-0.15, -0.1) is 11.3 Å². The summed E-state index contributed by atoms with van der Waals surface area (Å²) in [6.45, 7) is 7.77. The van der Waals surface area contributed by atoms with Crippen molar-refractivity contribution in [3.63, 3.8) is 0 Å². The van der Waals surface area contributed by atoms with Crippen LogP contribution in [-0.4, -0.2) is 35.7 Å². The highest BCUT2D eigenvalue weighted by Gasteiger charge is 2.16. The van der Waals surface area contributed by atoms with Crippen molar-refractivity contribution in [3.8, 4) is 11.5 Å². The van der Waals surface area contributed by atoms with Crippen molar-refractivity contribution < 1.29 is 14.3 Å². The van der Waals surface area contributed by atoms with Crippen LogP contribution in [0.2, 0.25) is 0 Å². The normalized spacial score (nSPS) is 12.6. The highest BCUT2D eigenvalue weighted by molar-refractivity contribution is 7.09. The second kappa shape index (κ2) is 7.63. The number of hydrogen-bond acceptors (Lipinski definition) is 6.